The molecular formula is C45H54N4O7. The fourth-order valence-electron chi connectivity index (χ4n) is 7.70. The fraction of sp³-hybridized carbons (Fsp3) is 0.444. The zero-order valence-corrected chi connectivity index (χ0v) is 32.1. The van der Waals surface area contributed by atoms with Crippen LogP contribution in [0.25, 0.3) is 11.1 Å². The van der Waals surface area contributed by atoms with Gasteiger partial charge in [0.2, 0.25) is 11.7 Å². The Balaban J connectivity index is 1.22. The summed E-state index contributed by atoms with van der Waals surface area (Å²) in [5.41, 5.74) is 9.94. The quantitative estimate of drug-likeness (QED) is 0.0566. The molecule has 2 aliphatic rings. The van der Waals surface area contributed by atoms with E-state index in [0.717, 1.165) is 36.8 Å². The van der Waals surface area contributed by atoms with Crippen molar-refractivity contribution in [1.82, 2.24) is 15.2 Å². The van der Waals surface area contributed by atoms with E-state index < -0.39 is 24.1 Å². The summed E-state index contributed by atoms with van der Waals surface area (Å²) < 4.78 is 17.8. The smallest absolute Gasteiger partial charge is 0.408 e. The van der Waals surface area contributed by atoms with Crippen LogP contribution in [0.4, 0.5) is 4.79 Å². The van der Waals surface area contributed by atoms with Crippen molar-refractivity contribution in [2.45, 2.75) is 95.4 Å². The lowest BCUT2D eigenvalue weighted by molar-refractivity contribution is -0.139. The van der Waals surface area contributed by atoms with Crippen LogP contribution in [0.3, 0.4) is 0 Å². The molecule has 0 spiro atoms. The van der Waals surface area contributed by atoms with E-state index in [4.69, 9.17) is 19.6 Å². The van der Waals surface area contributed by atoms with Gasteiger partial charge in [-0.2, -0.15) is 0 Å². The van der Waals surface area contributed by atoms with E-state index in [1.54, 1.807) is 17.0 Å². The highest BCUT2D eigenvalue weighted by atomic mass is 16.5. The predicted octanol–water partition coefficient (Wildman–Crippen LogP) is 7.38. The number of hydrogen-bond acceptors (Lipinski definition) is 9. The molecule has 2 heterocycles. The van der Waals surface area contributed by atoms with Gasteiger partial charge in [0.15, 0.2) is 11.4 Å². The number of allylic oxidation sites excluding steroid dienone is 1. The van der Waals surface area contributed by atoms with Crippen molar-refractivity contribution in [3.05, 3.63) is 114 Å². The van der Waals surface area contributed by atoms with E-state index in [1.807, 2.05) is 72.8 Å². The maximum absolute atomic E-state index is 14.7. The number of nitrogens with one attached hydrogen (secondary N) is 1. The third kappa shape index (κ3) is 11.2. The molecule has 1 aliphatic heterocycles. The van der Waals surface area contributed by atoms with Crippen LogP contribution in [0.15, 0.2) is 101 Å². The molecule has 4 aromatic rings. The van der Waals surface area contributed by atoms with Crippen LogP contribution < -0.4 is 11.1 Å². The molecule has 56 heavy (non-hydrogen) atoms. The predicted molar refractivity (Wildman–Crippen MR) is 214 cm³/mol. The first kappa shape index (κ1) is 40.5. The lowest BCUT2D eigenvalue weighted by Crippen LogP contribution is -2.52. The van der Waals surface area contributed by atoms with Gasteiger partial charge < -0.3 is 29.8 Å². The number of nitrogens with two attached hydrogens (primary N) is 1. The summed E-state index contributed by atoms with van der Waals surface area (Å²) in [5.74, 6) is -1.35. The van der Waals surface area contributed by atoms with E-state index in [0.29, 0.717) is 62.3 Å². The van der Waals surface area contributed by atoms with E-state index in [9.17, 15) is 19.2 Å². The topological polar surface area (TPSA) is 154 Å². The number of para-hydroxylation sites is 2. The van der Waals surface area contributed by atoms with Crippen molar-refractivity contribution in [3.63, 3.8) is 0 Å². The third-order valence-electron chi connectivity index (χ3n) is 11.0. The van der Waals surface area contributed by atoms with Crippen LogP contribution in [0.5, 0.6) is 0 Å². The van der Waals surface area contributed by atoms with Gasteiger partial charge in [-0.05, 0) is 87.1 Å². The molecule has 1 aliphatic carbocycles. The number of alkyl carbamates (subject to hydrolysis) is 1. The summed E-state index contributed by atoms with van der Waals surface area (Å²) in [5, 5.41) is 2.82. The molecule has 0 radical (unpaired) electrons. The number of aromatic nitrogens is 1. The monoisotopic (exact) mass is 762 g/mol. The second-order valence-electron chi connectivity index (χ2n) is 15.2. The number of rotatable bonds is 19. The van der Waals surface area contributed by atoms with Gasteiger partial charge in [0.05, 0.1) is 12.1 Å². The number of carbonyl (C=O) groups is 4. The summed E-state index contributed by atoms with van der Waals surface area (Å²) >= 11 is 0. The first-order valence-corrected chi connectivity index (χ1v) is 20.0. The van der Waals surface area contributed by atoms with Gasteiger partial charge in [0.1, 0.15) is 18.2 Å². The molecule has 1 saturated heterocycles. The number of benzene rings is 3. The maximum atomic E-state index is 14.7. The molecule has 6 rings (SSSR count). The van der Waals surface area contributed by atoms with Gasteiger partial charge in [-0.15, -0.1) is 0 Å². The third-order valence-corrected chi connectivity index (χ3v) is 11.0. The first-order chi connectivity index (χ1) is 27.3. The van der Waals surface area contributed by atoms with Crippen LogP contribution in [0.2, 0.25) is 0 Å². The molecule has 4 atom stereocenters. The Labute approximate surface area is 329 Å². The van der Waals surface area contributed by atoms with Gasteiger partial charge in [-0.3, -0.25) is 14.4 Å². The Bertz CT molecular complexity index is 1890. The number of oxazole rings is 1. The number of ketones is 2. The number of likely N-dealkylation sites (tertiary alicyclic amines) is 1. The SMILES string of the molecule is C=C1CCC(CO[C@@H]2C[C@@H](C(=O)C[C@@H](CCCCN)C(=O)c3nc4ccccc4o3)N(C(=O)[C@@H](CCc3ccccc3)NC(=O)OCc3ccccc3)C2)CC1. The number of unbranched alkanes of at least 4 members (excludes halogenated alkanes) is 1. The minimum atomic E-state index is -0.974. The highest BCUT2D eigenvalue weighted by Crippen LogP contribution is 2.31. The highest BCUT2D eigenvalue weighted by Gasteiger charge is 2.43. The number of carbonyl (C=O) groups excluding carboxylic acids is 4. The van der Waals surface area contributed by atoms with Gasteiger partial charge >= 0.3 is 6.09 Å². The van der Waals surface area contributed by atoms with Crippen molar-refractivity contribution < 1.29 is 33.1 Å². The summed E-state index contributed by atoms with van der Waals surface area (Å²) in [6, 6.07) is 24.4. The van der Waals surface area contributed by atoms with Crippen molar-refractivity contribution in [2.24, 2.45) is 17.6 Å². The number of fused-ring (bicyclic) bond motifs is 1. The summed E-state index contributed by atoms with van der Waals surface area (Å²) in [7, 11) is 0. The first-order valence-electron chi connectivity index (χ1n) is 20.0. The normalized spacial score (nSPS) is 18.4. The van der Waals surface area contributed by atoms with E-state index in [1.165, 1.54) is 5.57 Å². The molecule has 2 fully saturated rings. The van der Waals surface area contributed by atoms with Crippen molar-refractivity contribution >= 4 is 34.7 Å². The van der Waals surface area contributed by atoms with Gasteiger partial charge in [-0.1, -0.05) is 91.4 Å². The van der Waals surface area contributed by atoms with Crippen molar-refractivity contribution in [3.8, 4) is 0 Å². The number of aryl methyl sites for hydroxylation is 1. The second-order valence-corrected chi connectivity index (χ2v) is 15.2. The lowest BCUT2D eigenvalue weighted by Gasteiger charge is -2.29. The molecule has 2 amide bonds. The number of hydrogen-bond donors (Lipinski definition) is 2. The Kier molecular flexibility index (Phi) is 14.6. The van der Waals surface area contributed by atoms with E-state index >= 15 is 0 Å². The molecule has 3 aromatic carbocycles. The molecule has 296 valence electrons. The number of nitrogens with zero attached hydrogens (tertiary/aromatic N) is 2. The summed E-state index contributed by atoms with van der Waals surface area (Å²) in [4.78, 5) is 62.3. The average molecular weight is 763 g/mol. The molecule has 0 bridgehead atoms. The van der Waals surface area contributed by atoms with Crippen LogP contribution >= 0.6 is 0 Å². The molecule has 0 unspecified atom stereocenters. The Morgan fingerprint density at radius 1 is 0.911 bits per heavy atom. The van der Waals surface area contributed by atoms with Gasteiger partial charge in [0.25, 0.3) is 5.89 Å². The zero-order valence-electron chi connectivity index (χ0n) is 32.1. The molecule has 11 heteroatoms. The minimum absolute atomic E-state index is 0.0355. The van der Waals surface area contributed by atoms with Crippen LogP contribution in [0, 0.1) is 11.8 Å². The van der Waals surface area contributed by atoms with Crippen LogP contribution in [-0.4, -0.2) is 71.3 Å². The molecular weight excluding hydrogens is 709 g/mol. The number of ether oxygens (including phenoxy) is 2. The van der Waals surface area contributed by atoms with Crippen LogP contribution in [0.1, 0.15) is 86.0 Å². The zero-order chi connectivity index (χ0) is 39.3. The van der Waals surface area contributed by atoms with Gasteiger partial charge in [0, 0.05) is 31.9 Å². The van der Waals surface area contributed by atoms with Crippen LogP contribution in [-0.2, 0) is 32.1 Å². The summed E-state index contributed by atoms with van der Waals surface area (Å²) in [6.45, 7) is 5.35. The Morgan fingerprint density at radius 3 is 2.32 bits per heavy atom. The molecule has 1 aromatic heterocycles. The number of Topliss-reactive ketones (excluding diaryl/α,β-unsaturated/α-hetero) is 2. The largest absolute Gasteiger partial charge is 0.445 e. The maximum Gasteiger partial charge on any atom is 0.408 e. The minimum Gasteiger partial charge on any atom is -0.445 e. The Morgan fingerprint density at radius 2 is 1.61 bits per heavy atom. The highest BCUT2D eigenvalue weighted by molar-refractivity contribution is 6.00. The van der Waals surface area contributed by atoms with Gasteiger partial charge in [-0.25, -0.2) is 9.78 Å². The lowest BCUT2D eigenvalue weighted by atomic mass is 9.87. The standard InChI is InChI=1S/C45H54N4O7/c1-31-19-21-34(22-20-31)29-54-36-27-39(40(50)26-35(16-10-11-25-46)42(51)43-47-37-17-8-9-18-41(37)56-43)49(28-36)44(52)38(24-23-32-12-4-2-5-13-32)48-45(53)55-30-33-14-6-3-7-15-33/h2-9,12-15,17-18,34-36,38-39H,1,10-11,16,19-30,46H2,(H,48,53)/t35-,36-,38-,39+/m1/s1. The molecule has 11 nitrogen and oxygen atoms in total. The van der Waals surface area contributed by atoms with Crippen molar-refractivity contribution in [1.29, 1.82) is 0 Å². The molecule has 3 N–H and O–H groups in total. The fourth-order valence-corrected chi connectivity index (χ4v) is 7.70. The Hall–Kier alpha value is -5.13. The van der Waals surface area contributed by atoms with E-state index in [-0.39, 0.29) is 55.5 Å². The summed E-state index contributed by atoms with van der Waals surface area (Å²) in [6.07, 6.45) is 5.57. The van der Waals surface area contributed by atoms with Crippen molar-refractivity contribution in [2.75, 3.05) is 19.7 Å². The number of amides is 2. The molecule has 1 saturated carbocycles. The second kappa shape index (κ2) is 20.2. The average Bonchev–Trinajstić information content (AvgIpc) is 3.87. The van der Waals surface area contributed by atoms with E-state index in [2.05, 4.69) is 16.9 Å².